The third kappa shape index (κ3) is 1.77. The molecule has 1 heterocycles. The summed E-state index contributed by atoms with van der Waals surface area (Å²) in [6, 6.07) is 1.91. The Hall–Kier alpha value is -1.52. The van der Waals surface area contributed by atoms with Crippen molar-refractivity contribution in [2.24, 2.45) is 0 Å². The molecule has 2 rings (SSSR count). The predicted octanol–water partition coefficient (Wildman–Crippen LogP) is 2.05. The van der Waals surface area contributed by atoms with Gasteiger partial charge >= 0.3 is 0 Å². The zero-order valence-corrected chi connectivity index (χ0v) is 8.64. The number of likely N-dealkylation sites (N-methyl/N-ethyl adjacent to an activating group) is 1. The lowest BCUT2D eigenvalue weighted by Gasteiger charge is -2.11. The van der Waals surface area contributed by atoms with Gasteiger partial charge in [0.1, 0.15) is 0 Å². The number of nitrogens with zero attached hydrogens (tertiary/aromatic N) is 1. The highest BCUT2D eigenvalue weighted by molar-refractivity contribution is 5.79. The minimum atomic E-state index is -1.47. The summed E-state index contributed by atoms with van der Waals surface area (Å²) in [7, 11) is 1.62. The van der Waals surface area contributed by atoms with E-state index in [1.54, 1.807) is 7.05 Å². The molecule has 1 saturated heterocycles. The van der Waals surface area contributed by atoms with Crippen LogP contribution in [-0.4, -0.2) is 24.4 Å². The highest BCUT2D eigenvalue weighted by Gasteiger charge is 2.29. The molecule has 1 aromatic rings. The number of carbonyl (C=O) groups is 1. The molecule has 0 radical (unpaired) electrons. The van der Waals surface area contributed by atoms with Crippen LogP contribution in [-0.2, 0) is 4.79 Å². The molecule has 0 aromatic heterocycles. The van der Waals surface area contributed by atoms with Gasteiger partial charge in [0.25, 0.3) is 0 Å². The van der Waals surface area contributed by atoms with Gasteiger partial charge in [-0.05, 0) is 17.7 Å². The van der Waals surface area contributed by atoms with Crippen LogP contribution in [0.4, 0.5) is 13.2 Å². The van der Waals surface area contributed by atoms with Gasteiger partial charge in [-0.2, -0.15) is 0 Å². The maximum atomic E-state index is 13.0. The van der Waals surface area contributed by atoms with Crippen LogP contribution in [0.2, 0.25) is 0 Å². The lowest BCUT2D eigenvalue weighted by Crippen LogP contribution is -2.18. The van der Waals surface area contributed by atoms with Crippen molar-refractivity contribution in [3.05, 3.63) is 35.1 Å². The average molecular weight is 229 g/mol. The first kappa shape index (κ1) is 11.0. The third-order valence-corrected chi connectivity index (χ3v) is 2.82. The Balaban J connectivity index is 2.32. The maximum Gasteiger partial charge on any atom is 0.223 e. The fourth-order valence-corrected chi connectivity index (χ4v) is 1.90. The standard InChI is InChI=1S/C11H10F3NO/c1-15-5-7(4-10(15)16)6-2-8(12)11(14)9(13)3-6/h2-3,7H,4-5H2,1H3. The summed E-state index contributed by atoms with van der Waals surface area (Å²) in [5.74, 6) is -4.23. The van der Waals surface area contributed by atoms with Gasteiger partial charge < -0.3 is 4.90 Å². The van der Waals surface area contributed by atoms with E-state index < -0.39 is 17.5 Å². The predicted molar refractivity (Wildman–Crippen MR) is 51.3 cm³/mol. The van der Waals surface area contributed by atoms with Gasteiger partial charge in [-0.25, -0.2) is 13.2 Å². The van der Waals surface area contributed by atoms with Crippen LogP contribution >= 0.6 is 0 Å². The summed E-state index contributed by atoms with van der Waals surface area (Å²) in [6.45, 7) is 0.406. The smallest absolute Gasteiger partial charge is 0.223 e. The molecule has 2 nitrogen and oxygen atoms in total. The summed E-state index contributed by atoms with van der Waals surface area (Å²) < 4.78 is 38.7. The fourth-order valence-electron chi connectivity index (χ4n) is 1.90. The van der Waals surface area contributed by atoms with Gasteiger partial charge in [-0.15, -0.1) is 0 Å². The van der Waals surface area contributed by atoms with Crippen molar-refractivity contribution in [3.63, 3.8) is 0 Å². The largest absolute Gasteiger partial charge is 0.345 e. The number of halogens is 3. The monoisotopic (exact) mass is 229 g/mol. The van der Waals surface area contributed by atoms with E-state index in [1.807, 2.05) is 0 Å². The van der Waals surface area contributed by atoms with E-state index in [0.29, 0.717) is 12.1 Å². The van der Waals surface area contributed by atoms with Crippen LogP contribution in [0.3, 0.4) is 0 Å². The molecule has 86 valence electrons. The maximum absolute atomic E-state index is 13.0. The van der Waals surface area contributed by atoms with Crippen LogP contribution in [0, 0.1) is 17.5 Å². The average Bonchev–Trinajstić information content (AvgIpc) is 2.55. The van der Waals surface area contributed by atoms with E-state index in [1.165, 1.54) is 4.90 Å². The normalized spacial score (nSPS) is 20.6. The molecule has 1 fully saturated rings. The van der Waals surface area contributed by atoms with Crippen molar-refractivity contribution < 1.29 is 18.0 Å². The van der Waals surface area contributed by atoms with Gasteiger partial charge in [0, 0.05) is 25.9 Å². The first-order valence-electron chi connectivity index (χ1n) is 4.87. The van der Waals surface area contributed by atoms with Gasteiger partial charge in [0.15, 0.2) is 17.5 Å². The van der Waals surface area contributed by atoms with Gasteiger partial charge in [-0.3, -0.25) is 4.79 Å². The molecular weight excluding hydrogens is 219 g/mol. The quantitative estimate of drug-likeness (QED) is 0.675. The Labute approximate surface area is 90.7 Å². The number of likely N-dealkylation sites (tertiary alicyclic amines) is 1. The van der Waals surface area contributed by atoms with E-state index in [9.17, 15) is 18.0 Å². The zero-order chi connectivity index (χ0) is 11.9. The molecule has 16 heavy (non-hydrogen) atoms. The Morgan fingerprint density at radius 1 is 1.25 bits per heavy atom. The molecule has 1 aliphatic rings. The van der Waals surface area contributed by atoms with Crippen molar-refractivity contribution in [2.45, 2.75) is 12.3 Å². The summed E-state index contributed by atoms with van der Waals surface area (Å²) in [5, 5.41) is 0. The minimum Gasteiger partial charge on any atom is -0.345 e. The number of carbonyl (C=O) groups excluding carboxylic acids is 1. The summed E-state index contributed by atoms with van der Waals surface area (Å²) >= 11 is 0. The lowest BCUT2D eigenvalue weighted by atomic mass is 9.98. The van der Waals surface area contributed by atoms with Crippen LogP contribution < -0.4 is 0 Å². The van der Waals surface area contributed by atoms with Gasteiger partial charge in [0.05, 0.1) is 0 Å². The molecule has 0 bridgehead atoms. The van der Waals surface area contributed by atoms with Gasteiger partial charge in [0.2, 0.25) is 5.91 Å². The second-order valence-electron chi connectivity index (χ2n) is 3.97. The molecule has 0 saturated carbocycles. The molecule has 1 unspecified atom stereocenters. The lowest BCUT2D eigenvalue weighted by molar-refractivity contribution is -0.126. The summed E-state index contributed by atoms with van der Waals surface area (Å²) in [6.07, 6.45) is 0.209. The third-order valence-electron chi connectivity index (χ3n) is 2.82. The first-order chi connectivity index (χ1) is 7.49. The molecular formula is C11H10F3NO. The van der Waals surface area contributed by atoms with Gasteiger partial charge in [-0.1, -0.05) is 0 Å². The number of benzene rings is 1. The Morgan fingerprint density at radius 3 is 2.25 bits per heavy atom. The SMILES string of the molecule is CN1CC(c2cc(F)c(F)c(F)c2)CC1=O. The number of hydrogen-bond donors (Lipinski definition) is 0. The van der Waals surface area contributed by atoms with Crippen molar-refractivity contribution in [3.8, 4) is 0 Å². The molecule has 0 N–H and O–H groups in total. The van der Waals surface area contributed by atoms with Crippen molar-refractivity contribution in [1.82, 2.24) is 4.90 Å². The molecule has 5 heteroatoms. The summed E-state index contributed by atoms with van der Waals surface area (Å²) in [4.78, 5) is 12.7. The first-order valence-corrected chi connectivity index (χ1v) is 4.87. The van der Waals surface area contributed by atoms with E-state index in [0.717, 1.165) is 12.1 Å². The fraction of sp³-hybridized carbons (Fsp3) is 0.364. The van der Waals surface area contributed by atoms with E-state index in [-0.39, 0.29) is 18.2 Å². The topological polar surface area (TPSA) is 20.3 Å². The molecule has 1 aliphatic heterocycles. The second kappa shape index (κ2) is 3.81. The molecule has 1 atom stereocenters. The minimum absolute atomic E-state index is 0.0739. The number of hydrogen-bond acceptors (Lipinski definition) is 1. The summed E-state index contributed by atoms with van der Waals surface area (Å²) in [5.41, 5.74) is 0.328. The highest BCUT2D eigenvalue weighted by atomic mass is 19.2. The van der Waals surface area contributed by atoms with Crippen molar-refractivity contribution in [2.75, 3.05) is 13.6 Å². The van der Waals surface area contributed by atoms with E-state index in [2.05, 4.69) is 0 Å². The van der Waals surface area contributed by atoms with Crippen LogP contribution in [0.15, 0.2) is 12.1 Å². The zero-order valence-electron chi connectivity index (χ0n) is 8.64. The Kier molecular flexibility index (Phi) is 2.61. The van der Waals surface area contributed by atoms with E-state index >= 15 is 0 Å². The number of rotatable bonds is 1. The Morgan fingerprint density at radius 2 is 1.81 bits per heavy atom. The van der Waals surface area contributed by atoms with Crippen molar-refractivity contribution in [1.29, 1.82) is 0 Å². The van der Waals surface area contributed by atoms with Crippen molar-refractivity contribution >= 4 is 5.91 Å². The van der Waals surface area contributed by atoms with E-state index in [4.69, 9.17) is 0 Å². The molecule has 0 aliphatic carbocycles. The molecule has 1 aromatic carbocycles. The highest BCUT2D eigenvalue weighted by Crippen LogP contribution is 2.29. The second-order valence-corrected chi connectivity index (χ2v) is 3.97. The van der Waals surface area contributed by atoms with Crippen LogP contribution in [0.5, 0.6) is 0 Å². The Bertz CT molecular complexity index is 424. The molecule has 0 spiro atoms. The van der Waals surface area contributed by atoms with Crippen LogP contribution in [0.25, 0.3) is 0 Å². The number of amides is 1. The van der Waals surface area contributed by atoms with Crippen LogP contribution in [0.1, 0.15) is 17.9 Å². The molecule has 1 amide bonds.